The molecule has 1 saturated heterocycles. The Morgan fingerprint density at radius 1 is 1.15 bits per heavy atom. The van der Waals surface area contributed by atoms with Crippen LogP contribution in [-0.4, -0.2) is 44.3 Å². The second-order valence-electron chi connectivity index (χ2n) is 8.98. The van der Waals surface area contributed by atoms with E-state index in [-0.39, 0.29) is 30.2 Å². The number of aryl methyl sites for hydroxylation is 2. The van der Waals surface area contributed by atoms with Gasteiger partial charge in [-0.15, -0.1) is 11.3 Å². The maximum Gasteiger partial charge on any atom is 0.341 e. The van der Waals surface area contributed by atoms with Gasteiger partial charge < -0.3 is 10.1 Å². The first-order chi connectivity index (χ1) is 16.3. The van der Waals surface area contributed by atoms with Gasteiger partial charge in [0, 0.05) is 23.9 Å². The number of nitrogens with one attached hydrogen (secondary N) is 1. The fraction of sp³-hybridized carbons (Fsp3) is 0.520. The fourth-order valence-corrected chi connectivity index (χ4v) is 7.69. The van der Waals surface area contributed by atoms with Crippen molar-refractivity contribution in [2.45, 2.75) is 58.1 Å². The van der Waals surface area contributed by atoms with Crippen LogP contribution in [-0.2, 0) is 38.1 Å². The molecule has 0 saturated carbocycles. The monoisotopic (exact) mass is 504 g/mol. The van der Waals surface area contributed by atoms with E-state index in [0.29, 0.717) is 36.5 Å². The Balaban J connectivity index is 1.41. The van der Waals surface area contributed by atoms with Gasteiger partial charge in [-0.3, -0.25) is 4.79 Å². The van der Waals surface area contributed by atoms with E-state index in [1.807, 2.05) is 31.2 Å². The Labute approximate surface area is 205 Å². The summed E-state index contributed by atoms with van der Waals surface area (Å²) in [6.07, 6.45) is 4.77. The van der Waals surface area contributed by atoms with Gasteiger partial charge >= 0.3 is 5.97 Å². The highest BCUT2D eigenvalue weighted by molar-refractivity contribution is 7.88. The van der Waals surface area contributed by atoms with Crippen LogP contribution < -0.4 is 5.32 Å². The number of nitrogens with zero attached hydrogens (tertiary/aromatic N) is 1. The van der Waals surface area contributed by atoms with Crippen LogP contribution in [0.2, 0.25) is 0 Å². The summed E-state index contributed by atoms with van der Waals surface area (Å²) in [5, 5.41) is 3.56. The average Bonchev–Trinajstić information content (AvgIpc) is 3.18. The number of amides is 1. The van der Waals surface area contributed by atoms with Crippen molar-refractivity contribution >= 4 is 38.2 Å². The fourth-order valence-electron chi connectivity index (χ4n) is 4.74. The van der Waals surface area contributed by atoms with Crippen LogP contribution in [0.3, 0.4) is 0 Å². The molecule has 0 radical (unpaired) electrons. The number of piperidine rings is 1. The summed E-state index contributed by atoms with van der Waals surface area (Å²) >= 11 is 1.48. The number of benzene rings is 1. The smallest absolute Gasteiger partial charge is 0.341 e. The molecule has 0 unspecified atom stereocenters. The summed E-state index contributed by atoms with van der Waals surface area (Å²) in [6.45, 7) is 4.60. The standard InChI is InChI=1S/C25H32N2O5S2/c1-3-32-25(29)22-20-10-6-7-11-21(20)33-24(22)26-23(28)18-12-14-27(15-13-18)34(30,31)16-19-9-5-4-8-17(19)2/h4-5,8-9,18H,3,6-7,10-16H2,1-2H3,(H,26,28). The van der Waals surface area contributed by atoms with Crippen molar-refractivity contribution in [1.82, 2.24) is 4.31 Å². The number of sulfonamides is 1. The molecule has 184 valence electrons. The minimum Gasteiger partial charge on any atom is -0.462 e. The third kappa shape index (κ3) is 5.37. The van der Waals surface area contributed by atoms with Crippen molar-refractivity contribution < 1.29 is 22.7 Å². The molecule has 1 fully saturated rings. The molecule has 34 heavy (non-hydrogen) atoms. The van der Waals surface area contributed by atoms with Crippen LogP contribution in [0.25, 0.3) is 0 Å². The molecule has 2 aliphatic rings. The quantitative estimate of drug-likeness (QED) is 0.568. The second-order valence-corrected chi connectivity index (χ2v) is 12.1. The van der Waals surface area contributed by atoms with Crippen molar-refractivity contribution in [2.75, 3.05) is 25.0 Å². The molecule has 1 aromatic carbocycles. The number of hydrogen-bond donors (Lipinski definition) is 1. The molecule has 1 amide bonds. The van der Waals surface area contributed by atoms with Gasteiger partial charge in [0.05, 0.1) is 17.9 Å². The van der Waals surface area contributed by atoms with Crippen LogP contribution in [0, 0.1) is 12.8 Å². The molecule has 9 heteroatoms. The van der Waals surface area contributed by atoms with E-state index in [0.717, 1.165) is 47.3 Å². The Kier molecular flexibility index (Phi) is 7.74. The lowest BCUT2D eigenvalue weighted by molar-refractivity contribution is -0.120. The summed E-state index contributed by atoms with van der Waals surface area (Å²) in [4.78, 5) is 26.9. The van der Waals surface area contributed by atoms with Crippen molar-refractivity contribution in [3.63, 3.8) is 0 Å². The van der Waals surface area contributed by atoms with Gasteiger partial charge in [-0.2, -0.15) is 0 Å². The predicted molar refractivity (Wildman–Crippen MR) is 134 cm³/mol. The van der Waals surface area contributed by atoms with E-state index in [9.17, 15) is 18.0 Å². The van der Waals surface area contributed by atoms with Gasteiger partial charge in [0.25, 0.3) is 0 Å². The van der Waals surface area contributed by atoms with Crippen LogP contribution in [0.5, 0.6) is 0 Å². The zero-order chi connectivity index (χ0) is 24.3. The van der Waals surface area contributed by atoms with E-state index in [1.54, 1.807) is 6.92 Å². The summed E-state index contributed by atoms with van der Waals surface area (Å²) in [5.41, 5.74) is 3.28. The molecule has 0 spiro atoms. The van der Waals surface area contributed by atoms with Gasteiger partial charge in [-0.1, -0.05) is 24.3 Å². The number of thiophene rings is 1. The SMILES string of the molecule is CCOC(=O)c1c(NC(=O)C2CCN(S(=O)(=O)Cc3ccccc3C)CC2)sc2c1CCCC2. The van der Waals surface area contributed by atoms with E-state index in [4.69, 9.17) is 4.74 Å². The van der Waals surface area contributed by atoms with Crippen LogP contribution >= 0.6 is 11.3 Å². The third-order valence-electron chi connectivity index (χ3n) is 6.70. The minimum atomic E-state index is -3.45. The highest BCUT2D eigenvalue weighted by Crippen LogP contribution is 2.39. The van der Waals surface area contributed by atoms with Gasteiger partial charge in [0.2, 0.25) is 15.9 Å². The number of fused-ring (bicyclic) bond motifs is 1. The molecule has 0 atom stereocenters. The maximum atomic E-state index is 13.1. The number of hydrogen-bond acceptors (Lipinski definition) is 6. The lowest BCUT2D eigenvalue weighted by Crippen LogP contribution is -2.42. The zero-order valence-electron chi connectivity index (χ0n) is 19.8. The molecule has 1 N–H and O–H groups in total. The largest absolute Gasteiger partial charge is 0.462 e. The first-order valence-corrected chi connectivity index (χ1v) is 14.4. The number of ether oxygens (including phenoxy) is 1. The molecule has 2 aromatic rings. The highest BCUT2D eigenvalue weighted by Gasteiger charge is 2.33. The first-order valence-electron chi connectivity index (χ1n) is 11.9. The van der Waals surface area contributed by atoms with E-state index in [1.165, 1.54) is 15.6 Å². The highest BCUT2D eigenvalue weighted by atomic mass is 32.2. The van der Waals surface area contributed by atoms with Gasteiger partial charge in [0.15, 0.2) is 0 Å². The first kappa shape index (κ1) is 24.9. The van der Waals surface area contributed by atoms with Gasteiger partial charge in [-0.05, 0) is 69.1 Å². The molecule has 1 aromatic heterocycles. The minimum absolute atomic E-state index is 0.0276. The summed E-state index contributed by atoms with van der Waals surface area (Å²) < 4.78 is 32.7. The van der Waals surface area contributed by atoms with Crippen molar-refractivity contribution in [3.8, 4) is 0 Å². The predicted octanol–water partition coefficient (Wildman–Crippen LogP) is 4.29. The van der Waals surface area contributed by atoms with Gasteiger partial charge in [-0.25, -0.2) is 17.5 Å². The Morgan fingerprint density at radius 3 is 2.56 bits per heavy atom. The molecule has 2 heterocycles. The molecule has 0 bridgehead atoms. The normalized spacial score (nSPS) is 17.2. The number of carbonyl (C=O) groups is 2. The van der Waals surface area contributed by atoms with Crippen molar-refractivity contribution in [1.29, 1.82) is 0 Å². The maximum absolute atomic E-state index is 13.1. The number of carbonyl (C=O) groups excluding carboxylic acids is 2. The lowest BCUT2D eigenvalue weighted by Gasteiger charge is -2.30. The molecule has 1 aliphatic heterocycles. The summed E-state index contributed by atoms with van der Waals surface area (Å²) in [6, 6.07) is 7.50. The molecule has 4 rings (SSSR count). The third-order valence-corrected chi connectivity index (χ3v) is 9.74. The van der Waals surface area contributed by atoms with E-state index < -0.39 is 10.0 Å². The lowest BCUT2D eigenvalue weighted by atomic mass is 9.95. The Morgan fingerprint density at radius 2 is 1.85 bits per heavy atom. The topological polar surface area (TPSA) is 92.8 Å². The summed E-state index contributed by atoms with van der Waals surface area (Å²) in [7, 11) is -3.45. The Hall–Kier alpha value is -2.23. The number of esters is 1. The van der Waals surface area contributed by atoms with Crippen LogP contribution in [0.15, 0.2) is 24.3 Å². The molecular formula is C25H32N2O5S2. The van der Waals surface area contributed by atoms with Crippen LogP contribution in [0.4, 0.5) is 5.00 Å². The number of rotatable bonds is 7. The Bertz CT molecular complexity index is 1160. The number of anilines is 1. The van der Waals surface area contributed by atoms with Crippen LogP contribution in [0.1, 0.15) is 64.5 Å². The zero-order valence-corrected chi connectivity index (χ0v) is 21.4. The van der Waals surface area contributed by atoms with Crippen molar-refractivity contribution in [3.05, 3.63) is 51.4 Å². The van der Waals surface area contributed by atoms with Crippen molar-refractivity contribution in [2.24, 2.45) is 5.92 Å². The molecule has 7 nitrogen and oxygen atoms in total. The van der Waals surface area contributed by atoms with E-state index >= 15 is 0 Å². The second kappa shape index (κ2) is 10.6. The molecular weight excluding hydrogens is 472 g/mol. The van der Waals surface area contributed by atoms with Gasteiger partial charge in [0.1, 0.15) is 5.00 Å². The molecule has 1 aliphatic carbocycles. The average molecular weight is 505 g/mol. The summed E-state index contributed by atoms with van der Waals surface area (Å²) in [5.74, 6) is -0.853. The van der Waals surface area contributed by atoms with E-state index in [2.05, 4.69) is 5.32 Å².